The molecule has 0 saturated heterocycles. The lowest BCUT2D eigenvalue weighted by atomic mass is 10.0. The molecule has 3 heterocycles. The van der Waals surface area contributed by atoms with Gasteiger partial charge >= 0.3 is 0 Å². The minimum Gasteiger partial charge on any atom is -0.506 e. The molecular weight excluding hydrogens is 337 g/mol. The van der Waals surface area contributed by atoms with Crippen LogP contribution in [0, 0.1) is 0 Å². The van der Waals surface area contributed by atoms with Gasteiger partial charge in [-0.15, -0.1) is 0 Å². The largest absolute Gasteiger partial charge is 0.506 e. The molecule has 4 aromatic rings. The van der Waals surface area contributed by atoms with E-state index in [1.165, 1.54) is 6.20 Å². The predicted molar refractivity (Wildman–Crippen MR) is 88.7 cm³/mol. The summed E-state index contributed by atoms with van der Waals surface area (Å²) in [6.45, 7) is 0. The summed E-state index contributed by atoms with van der Waals surface area (Å²) in [6, 6.07) is 6.98. The number of nitrogens with zero attached hydrogens (tertiary/aromatic N) is 2. The van der Waals surface area contributed by atoms with E-state index in [1.807, 2.05) is 12.1 Å². The van der Waals surface area contributed by atoms with Gasteiger partial charge in [0.1, 0.15) is 11.4 Å². The molecule has 0 unspecified atom stereocenters. The third kappa shape index (κ3) is 2.25. The molecule has 0 aliphatic heterocycles. The molecule has 3 aromatic heterocycles. The zero-order valence-corrected chi connectivity index (χ0v) is 13.1. The zero-order valence-electron chi connectivity index (χ0n) is 11.5. The van der Waals surface area contributed by atoms with E-state index in [2.05, 4.69) is 15.1 Å². The molecule has 0 atom stereocenters. The highest BCUT2D eigenvalue weighted by atomic mass is 35.5. The van der Waals surface area contributed by atoms with Crippen molar-refractivity contribution in [1.82, 2.24) is 15.1 Å². The molecule has 0 bridgehead atoms. The summed E-state index contributed by atoms with van der Waals surface area (Å²) in [5, 5.41) is 15.2. The fourth-order valence-electron chi connectivity index (χ4n) is 2.52. The van der Waals surface area contributed by atoms with Crippen molar-refractivity contribution in [2.75, 3.05) is 0 Å². The standard InChI is InChI=1S/C16H9Cl2N3O2/c17-13-3-1-2-9(14(13)18)12-7-21-23-15(12)11-6-20-16-10(11)4-8(22)5-19-16/h1-7,22H,(H,19,20). The Hall–Kier alpha value is -2.50. The Labute approximate surface area is 140 Å². The van der Waals surface area contributed by atoms with E-state index in [4.69, 9.17) is 27.7 Å². The number of aromatic amines is 1. The highest BCUT2D eigenvalue weighted by Crippen LogP contribution is 2.40. The fourth-order valence-corrected chi connectivity index (χ4v) is 2.92. The zero-order chi connectivity index (χ0) is 16.0. The van der Waals surface area contributed by atoms with Gasteiger partial charge in [0, 0.05) is 22.7 Å². The first-order chi connectivity index (χ1) is 11.1. The third-order valence-electron chi connectivity index (χ3n) is 3.57. The summed E-state index contributed by atoms with van der Waals surface area (Å²) in [5.41, 5.74) is 2.80. The minimum atomic E-state index is 0.0696. The average Bonchev–Trinajstić information content (AvgIpc) is 3.15. The molecule has 7 heteroatoms. The van der Waals surface area contributed by atoms with E-state index in [0.29, 0.717) is 27.0 Å². The Morgan fingerprint density at radius 1 is 1.09 bits per heavy atom. The lowest BCUT2D eigenvalue weighted by molar-refractivity contribution is 0.433. The Bertz CT molecular complexity index is 1020. The van der Waals surface area contributed by atoms with Crippen molar-refractivity contribution in [3.8, 4) is 28.2 Å². The van der Waals surface area contributed by atoms with Crippen LogP contribution in [-0.4, -0.2) is 20.2 Å². The van der Waals surface area contributed by atoms with Crippen LogP contribution in [0.5, 0.6) is 5.75 Å². The number of hydrogen-bond acceptors (Lipinski definition) is 4. The topological polar surface area (TPSA) is 74.9 Å². The number of aromatic hydroxyl groups is 1. The molecule has 0 spiro atoms. The molecule has 0 saturated carbocycles. The second-order valence-corrected chi connectivity index (χ2v) is 5.75. The molecule has 0 radical (unpaired) electrons. The number of halogens is 2. The first kappa shape index (κ1) is 14.1. The van der Waals surface area contributed by atoms with Crippen molar-refractivity contribution in [2.24, 2.45) is 0 Å². The predicted octanol–water partition coefficient (Wildman–Crippen LogP) is 4.90. The summed E-state index contributed by atoms with van der Waals surface area (Å²) < 4.78 is 5.43. The number of aromatic nitrogens is 3. The van der Waals surface area contributed by atoms with Crippen LogP contribution in [0.15, 0.2) is 47.4 Å². The lowest BCUT2D eigenvalue weighted by Crippen LogP contribution is -1.82. The average molecular weight is 346 g/mol. The quantitative estimate of drug-likeness (QED) is 0.541. The molecule has 0 fully saturated rings. The van der Waals surface area contributed by atoms with E-state index < -0.39 is 0 Å². The molecule has 0 aliphatic rings. The smallest absolute Gasteiger partial charge is 0.176 e. The van der Waals surface area contributed by atoms with E-state index in [9.17, 15) is 5.11 Å². The number of H-pyrrole nitrogens is 1. The van der Waals surface area contributed by atoms with Crippen LogP contribution in [0.2, 0.25) is 10.0 Å². The van der Waals surface area contributed by atoms with Gasteiger partial charge < -0.3 is 14.6 Å². The van der Waals surface area contributed by atoms with Gasteiger partial charge in [0.05, 0.1) is 28.0 Å². The number of pyridine rings is 1. The highest BCUT2D eigenvalue weighted by molar-refractivity contribution is 6.43. The summed E-state index contributed by atoms with van der Waals surface area (Å²) in [5.74, 6) is 0.591. The van der Waals surface area contributed by atoms with E-state index in [0.717, 1.165) is 16.5 Å². The summed E-state index contributed by atoms with van der Waals surface area (Å²) in [6.07, 6.45) is 4.71. The molecule has 5 nitrogen and oxygen atoms in total. The maximum absolute atomic E-state index is 9.68. The first-order valence-electron chi connectivity index (χ1n) is 6.70. The van der Waals surface area contributed by atoms with Crippen LogP contribution in [0.4, 0.5) is 0 Å². The summed E-state index contributed by atoms with van der Waals surface area (Å²) >= 11 is 12.4. The highest BCUT2D eigenvalue weighted by Gasteiger charge is 2.19. The Morgan fingerprint density at radius 3 is 2.83 bits per heavy atom. The molecule has 2 N–H and O–H groups in total. The minimum absolute atomic E-state index is 0.0696. The van der Waals surface area contributed by atoms with Gasteiger partial charge in [-0.05, 0) is 12.1 Å². The number of benzene rings is 1. The van der Waals surface area contributed by atoms with E-state index in [-0.39, 0.29) is 5.75 Å². The van der Waals surface area contributed by atoms with Crippen molar-refractivity contribution in [3.63, 3.8) is 0 Å². The van der Waals surface area contributed by atoms with Gasteiger partial charge in [-0.25, -0.2) is 4.98 Å². The van der Waals surface area contributed by atoms with Crippen LogP contribution >= 0.6 is 23.2 Å². The van der Waals surface area contributed by atoms with Crippen molar-refractivity contribution < 1.29 is 9.63 Å². The fraction of sp³-hybridized carbons (Fsp3) is 0. The van der Waals surface area contributed by atoms with Gasteiger partial charge in [0.2, 0.25) is 0 Å². The Kier molecular flexibility index (Phi) is 3.25. The van der Waals surface area contributed by atoms with Gasteiger partial charge in [-0.1, -0.05) is 40.5 Å². The van der Waals surface area contributed by atoms with Crippen LogP contribution in [0.1, 0.15) is 0 Å². The molecule has 1 aromatic carbocycles. The second-order valence-electron chi connectivity index (χ2n) is 4.96. The van der Waals surface area contributed by atoms with Crippen molar-refractivity contribution in [1.29, 1.82) is 0 Å². The van der Waals surface area contributed by atoms with Gasteiger partial charge in [0.25, 0.3) is 0 Å². The molecule has 23 heavy (non-hydrogen) atoms. The van der Waals surface area contributed by atoms with E-state index in [1.54, 1.807) is 24.5 Å². The number of hydrogen-bond donors (Lipinski definition) is 2. The van der Waals surface area contributed by atoms with Crippen molar-refractivity contribution in [2.45, 2.75) is 0 Å². The van der Waals surface area contributed by atoms with Crippen molar-refractivity contribution >= 4 is 34.2 Å². The SMILES string of the molecule is Oc1cnc2[nH]cc(-c3oncc3-c3cccc(Cl)c3Cl)c2c1. The molecule has 4 rings (SSSR count). The maximum atomic E-state index is 9.68. The number of fused-ring (bicyclic) bond motifs is 1. The number of rotatable bonds is 2. The Balaban J connectivity index is 1.96. The lowest BCUT2D eigenvalue weighted by Gasteiger charge is -2.05. The molecule has 0 amide bonds. The molecular formula is C16H9Cl2N3O2. The third-order valence-corrected chi connectivity index (χ3v) is 4.39. The summed E-state index contributed by atoms with van der Waals surface area (Å²) in [7, 11) is 0. The van der Waals surface area contributed by atoms with Crippen LogP contribution < -0.4 is 0 Å². The Morgan fingerprint density at radius 2 is 1.96 bits per heavy atom. The van der Waals surface area contributed by atoms with Gasteiger partial charge in [0.15, 0.2) is 5.76 Å². The molecule has 0 aliphatic carbocycles. The van der Waals surface area contributed by atoms with Gasteiger partial charge in [-0.3, -0.25) is 0 Å². The second kappa shape index (κ2) is 5.30. The van der Waals surface area contributed by atoms with Crippen LogP contribution in [0.25, 0.3) is 33.5 Å². The molecule has 114 valence electrons. The first-order valence-corrected chi connectivity index (χ1v) is 7.46. The maximum Gasteiger partial charge on any atom is 0.176 e. The van der Waals surface area contributed by atoms with Crippen LogP contribution in [0.3, 0.4) is 0 Å². The normalized spacial score (nSPS) is 11.2. The monoisotopic (exact) mass is 345 g/mol. The van der Waals surface area contributed by atoms with Gasteiger partial charge in [-0.2, -0.15) is 0 Å². The van der Waals surface area contributed by atoms with E-state index >= 15 is 0 Å². The number of nitrogens with one attached hydrogen (secondary N) is 1. The van der Waals surface area contributed by atoms with Crippen LogP contribution in [-0.2, 0) is 0 Å². The summed E-state index contributed by atoms with van der Waals surface area (Å²) in [4.78, 5) is 7.17. The van der Waals surface area contributed by atoms with Crippen molar-refractivity contribution in [3.05, 3.63) is 52.9 Å².